The minimum atomic E-state index is -0.163. The number of nitrogens with zero attached hydrogens (tertiary/aromatic N) is 2. The van der Waals surface area contributed by atoms with E-state index in [1.165, 1.54) is 5.56 Å². The van der Waals surface area contributed by atoms with Crippen molar-refractivity contribution in [3.8, 4) is 5.75 Å². The van der Waals surface area contributed by atoms with Crippen molar-refractivity contribution in [1.29, 1.82) is 0 Å². The third kappa shape index (κ3) is 3.64. The number of benzene rings is 1. The summed E-state index contributed by atoms with van der Waals surface area (Å²) < 4.78 is 7.74. The van der Waals surface area contributed by atoms with Gasteiger partial charge >= 0.3 is 0 Å². The van der Waals surface area contributed by atoms with Crippen LogP contribution < -0.4 is 10.5 Å². The summed E-state index contributed by atoms with van der Waals surface area (Å²) >= 11 is 0. The van der Waals surface area contributed by atoms with Gasteiger partial charge in [-0.15, -0.1) is 0 Å². The predicted octanol–water partition coefficient (Wildman–Crippen LogP) is 3.19. The molecule has 0 bridgehead atoms. The Labute approximate surface area is 126 Å². The molecule has 0 aliphatic carbocycles. The van der Waals surface area contributed by atoms with Crippen LogP contribution >= 0.6 is 0 Å². The zero-order valence-electron chi connectivity index (χ0n) is 13.3. The summed E-state index contributed by atoms with van der Waals surface area (Å²) in [5, 5.41) is 4.17. The number of rotatable bonds is 6. The highest BCUT2D eigenvalue weighted by Crippen LogP contribution is 2.29. The second-order valence-electron chi connectivity index (χ2n) is 6.05. The molecule has 114 valence electrons. The van der Waals surface area contributed by atoms with Crippen molar-refractivity contribution in [2.75, 3.05) is 6.54 Å². The second-order valence-corrected chi connectivity index (χ2v) is 6.05. The fourth-order valence-electron chi connectivity index (χ4n) is 2.21. The molecule has 0 saturated heterocycles. The van der Waals surface area contributed by atoms with E-state index in [1.807, 2.05) is 25.4 Å². The van der Waals surface area contributed by atoms with Crippen molar-refractivity contribution in [1.82, 2.24) is 9.78 Å². The molecular formula is C17H25N3O. The average Bonchev–Trinajstić information content (AvgIpc) is 2.91. The number of hydrogen-bond donors (Lipinski definition) is 1. The Morgan fingerprint density at radius 2 is 1.95 bits per heavy atom. The third-order valence-electron chi connectivity index (χ3n) is 4.11. The Balaban J connectivity index is 2.12. The summed E-state index contributed by atoms with van der Waals surface area (Å²) in [6.45, 7) is 7.13. The monoisotopic (exact) mass is 287 g/mol. The fraction of sp³-hybridized carbons (Fsp3) is 0.471. The Kier molecular flexibility index (Phi) is 4.68. The molecule has 1 heterocycles. The molecule has 0 aliphatic heterocycles. The highest BCUT2D eigenvalue weighted by Gasteiger charge is 2.18. The van der Waals surface area contributed by atoms with Gasteiger partial charge in [-0.25, -0.2) is 0 Å². The van der Waals surface area contributed by atoms with Crippen LogP contribution in [0.4, 0.5) is 0 Å². The molecule has 21 heavy (non-hydrogen) atoms. The Morgan fingerprint density at radius 1 is 1.29 bits per heavy atom. The van der Waals surface area contributed by atoms with E-state index >= 15 is 0 Å². The molecule has 0 aliphatic rings. The largest absolute Gasteiger partial charge is 0.484 e. The quantitative estimate of drug-likeness (QED) is 0.887. The first-order valence-electron chi connectivity index (χ1n) is 7.42. The number of hydrogen-bond acceptors (Lipinski definition) is 3. The molecule has 1 unspecified atom stereocenters. The summed E-state index contributed by atoms with van der Waals surface area (Å²) in [7, 11) is 1.89. The van der Waals surface area contributed by atoms with Gasteiger partial charge in [-0.05, 0) is 29.5 Å². The minimum Gasteiger partial charge on any atom is -0.484 e. The second kappa shape index (κ2) is 6.31. The molecule has 0 spiro atoms. The standard InChI is InChI=1S/C17H25N3O/c1-5-17(2,3)14-6-8-15(9-7-14)21-16(10-18)13-11-19-20(4)12-13/h6-9,11-12,16H,5,10,18H2,1-4H3. The van der Waals surface area contributed by atoms with Crippen LogP contribution in [0.15, 0.2) is 36.7 Å². The van der Waals surface area contributed by atoms with E-state index in [9.17, 15) is 0 Å². The molecule has 0 fully saturated rings. The van der Waals surface area contributed by atoms with Crippen LogP contribution in [0, 0.1) is 0 Å². The van der Waals surface area contributed by atoms with Crippen LogP contribution in [0.25, 0.3) is 0 Å². The van der Waals surface area contributed by atoms with Crippen molar-refractivity contribution in [3.05, 3.63) is 47.8 Å². The van der Waals surface area contributed by atoms with Gasteiger partial charge in [0, 0.05) is 25.4 Å². The van der Waals surface area contributed by atoms with Crippen LogP contribution in [0.3, 0.4) is 0 Å². The third-order valence-corrected chi connectivity index (χ3v) is 4.11. The van der Waals surface area contributed by atoms with Gasteiger partial charge in [0.2, 0.25) is 0 Å². The Bertz CT molecular complexity index is 572. The molecule has 1 aromatic carbocycles. The summed E-state index contributed by atoms with van der Waals surface area (Å²) in [6.07, 6.45) is 4.68. The first-order chi connectivity index (χ1) is 9.96. The lowest BCUT2D eigenvalue weighted by molar-refractivity contribution is 0.214. The maximum absolute atomic E-state index is 5.99. The van der Waals surface area contributed by atoms with Crippen molar-refractivity contribution >= 4 is 0 Å². The SMILES string of the molecule is CCC(C)(C)c1ccc(OC(CN)c2cnn(C)c2)cc1. The average molecular weight is 287 g/mol. The van der Waals surface area contributed by atoms with Crippen LogP contribution in [0.1, 0.15) is 44.4 Å². The normalized spacial score (nSPS) is 13.2. The van der Waals surface area contributed by atoms with Gasteiger partial charge in [0.1, 0.15) is 11.9 Å². The Hall–Kier alpha value is -1.81. The summed E-state index contributed by atoms with van der Waals surface area (Å²) in [5.74, 6) is 0.838. The highest BCUT2D eigenvalue weighted by molar-refractivity contribution is 5.32. The number of aromatic nitrogens is 2. The number of nitrogens with two attached hydrogens (primary N) is 1. The summed E-state index contributed by atoms with van der Waals surface area (Å²) in [6, 6.07) is 8.31. The van der Waals surface area contributed by atoms with E-state index in [2.05, 4.69) is 38.0 Å². The first kappa shape index (κ1) is 15.6. The number of ether oxygens (including phenoxy) is 1. The topological polar surface area (TPSA) is 53.1 Å². The molecule has 0 amide bonds. The Morgan fingerprint density at radius 3 is 2.43 bits per heavy atom. The zero-order chi connectivity index (χ0) is 15.5. The van der Waals surface area contributed by atoms with E-state index in [4.69, 9.17) is 10.5 Å². The number of aryl methyl sites for hydroxylation is 1. The molecule has 1 aromatic heterocycles. The van der Waals surface area contributed by atoms with Crippen LogP contribution in [0.2, 0.25) is 0 Å². The van der Waals surface area contributed by atoms with E-state index in [0.29, 0.717) is 6.54 Å². The van der Waals surface area contributed by atoms with E-state index in [1.54, 1.807) is 10.9 Å². The minimum absolute atomic E-state index is 0.163. The van der Waals surface area contributed by atoms with Gasteiger partial charge in [-0.2, -0.15) is 5.10 Å². The lowest BCUT2D eigenvalue weighted by atomic mass is 9.82. The molecule has 0 radical (unpaired) electrons. The molecule has 0 saturated carbocycles. The zero-order valence-corrected chi connectivity index (χ0v) is 13.3. The highest BCUT2D eigenvalue weighted by atomic mass is 16.5. The van der Waals surface area contributed by atoms with Crippen molar-refractivity contribution in [3.63, 3.8) is 0 Å². The van der Waals surface area contributed by atoms with Gasteiger partial charge in [0.05, 0.1) is 6.20 Å². The summed E-state index contributed by atoms with van der Waals surface area (Å²) in [4.78, 5) is 0. The van der Waals surface area contributed by atoms with Gasteiger partial charge < -0.3 is 10.5 Å². The van der Waals surface area contributed by atoms with Gasteiger partial charge in [0.15, 0.2) is 0 Å². The molecule has 2 aromatic rings. The summed E-state index contributed by atoms with van der Waals surface area (Å²) in [5.41, 5.74) is 8.33. The van der Waals surface area contributed by atoms with Gasteiger partial charge in [-0.1, -0.05) is 32.9 Å². The first-order valence-corrected chi connectivity index (χ1v) is 7.42. The molecule has 2 rings (SSSR count). The van der Waals surface area contributed by atoms with E-state index < -0.39 is 0 Å². The maximum atomic E-state index is 5.99. The van der Waals surface area contributed by atoms with Crippen molar-refractivity contribution in [2.45, 2.75) is 38.7 Å². The lowest BCUT2D eigenvalue weighted by Gasteiger charge is -2.24. The van der Waals surface area contributed by atoms with Gasteiger partial charge in [0.25, 0.3) is 0 Å². The molecule has 4 heteroatoms. The maximum Gasteiger partial charge on any atom is 0.139 e. The van der Waals surface area contributed by atoms with E-state index in [0.717, 1.165) is 17.7 Å². The van der Waals surface area contributed by atoms with Gasteiger partial charge in [-0.3, -0.25) is 4.68 Å². The molecule has 1 atom stereocenters. The van der Waals surface area contributed by atoms with Crippen molar-refractivity contribution in [2.24, 2.45) is 12.8 Å². The van der Waals surface area contributed by atoms with Crippen LogP contribution in [0.5, 0.6) is 5.75 Å². The predicted molar refractivity (Wildman–Crippen MR) is 85.4 cm³/mol. The van der Waals surface area contributed by atoms with Crippen LogP contribution in [-0.4, -0.2) is 16.3 Å². The van der Waals surface area contributed by atoms with E-state index in [-0.39, 0.29) is 11.5 Å². The smallest absolute Gasteiger partial charge is 0.139 e. The molecular weight excluding hydrogens is 262 g/mol. The molecule has 2 N–H and O–H groups in total. The molecule has 4 nitrogen and oxygen atoms in total. The van der Waals surface area contributed by atoms with Crippen LogP contribution in [-0.2, 0) is 12.5 Å². The van der Waals surface area contributed by atoms with Crippen molar-refractivity contribution < 1.29 is 4.74 Å². The lowest BCUT2D eigenvalue weighted by Crippen LogP contribution is -2.18. The fourth-order valence-corrected chi connectivity index (χ4v) is 2.21.